The molecule has 1 aromatic heterocycles. The second kappa shape index (κ2) is 8.37. The molecular formula is C26H23NO3. The fourth-order valence-corrected chi connectivity index (χ4v) is 3.15. The maximum Gasteiger partial charge on any atom is 0.231 e. The van der Waals surface area contributed by atoms with E-state index in [9.17, 15) is 4.79 Å². The molecule has 0 fully saturated rings. The topological polar surface area (TPSA) is 52.3 Å². The molecule has 1 heterocycles. The van der Waals surface area contributed by atoms with Crippen LogP contribution in [-0.2, 0) is 0 Å². The van der Waals surface area contributed by atoms with Crippen LogP contribution in [0.4, 0.5) is 0 Å². The number of aryl methyl sites for hydroxylation is 1. The van der Waals surface area contributed by atoms with Crippen molar-refractivity contribution in [2.45, 2.75) is 26.9 Å². The molecule has 4 rings (SSSR count). The number of oxazole rings is 1. The Hall–Kier alpha value is -3.66. The standard InChI is InChI=1S/C26H23NO3/c1-17(2)29-21-14-12-20(13-15-21)25(28)22(16-19-10-8-18(3)9-11-19)26-27-23-6-4-5-7-24(23)30-26/h4-17H,1-3H3/b22-16+. The molecule has 0 saturated heterocycles. The van der Waals surface area contributed by atoms with E-state index in [1.165, 1.54) is 0 Å². The Balaban J connectivity index is 1.76. The molecule has 0 radical (unpaired) electrons. The van der Waals surface area contributed by atoms with Crippen molar-refractivity contribution in [3.63, 3.8) is 0 Å². The van der Waals surface area contributed by atoms with Gasteiger partial charge in [0.15, 0.2) is 11.4 Å². The fraction of sp³-hybridized carbons (Fsp3) is 0.154. The highest BCUT2D eigenvalue weighted by molar-refractivity contribution is 6.31. The number of hydrogen-bond acceptors (Lipinski definition) is 4. The molecule has 0 aliphatic heterocycles. The zero-order chi connectivity index (χ0) is 21.1. The lowest BCUT2D eigenvalue weighted by Crippen LogP contribution is -2.06. The summed E-state index contributed by atoms with van der Waals surface area (Å²) in [5.41, 5.74) is 4.39. The first-order valence-electron chi connectivity index (χ1n) is 9.95. The molecule has 4 nitrogen and oxygen atoms in total. The summed E-state index contributed by atoms with van der Waals surface area (Å²) in [5, 5.41) is 0. The molecule has 150 valence electrons. The lowest BCUT2D eigenvalue weighted by atomic mass is 10.0. The predicted molar refractivity (Wildman–Crippen MR) is 120 cm³/mol. The molecule has 0 aliphatic rings. The molecule has 4 heteroatoms. The summed E-state index contributed by atoms with van der Waals surface area (Å²) < 4.78 is 11.6. The van der Waals surface area contributed by atoms with E-state index in [1.54, 1.807) is 12.1 Å². The maximum atomic E-state index is 13.4. The van der Waals surface area contributed by atoms with Gasteiger partial charge in [-0.1, -0.05) is 42.0 Å². The molecule has 0 unspecified atom stereocenters. The van der Waals surface area contributed by atoms with Crippen LogP contribution in [-0.4, -0.2) is 16.9 Å². The third-order valence-electron chi connectivity index (χ3n) is 4.65. The third-order valence-corrected chi connectivity index (χ3v) is 4.65. The van der Waals surface area contributed by atoms with Gasteiger partial charge in [0.25, 0.3) is 0 Å². The number of fused-ring (bicyclic) bond motifs is 1. The van der Waals surface area contributed by atoms with Crippen LogP contribution in [0.15, 0.2) is 77.2 Å². The largest absolute Gasteiger partial charge is 0.491 e. The van der Waals surface area contributed by atoms with E-state index in [4.69, 9.17) is 9.15 Å². The summed E-state index contributed by atoms with van der Waals surface area (Å²) in [6, 6.07) is 22.6. The number of benzene rings is 3. The van der Waals surface area contributed by atoms with Gasteiger partial charge < -0.3 is 9.15 Å². The highest BCUT2D eigenvalue weighted by Crippen LogP contribution is 2.27. The minimum Gasteiger partial charge on any atom is -0.491 e. The summed E-state index contributed by atoms with van der Waals surface area (Å²) in [6.45, 7) is 5.96. The van der Waals surface area contributed by atoms with Gasteiger partial charge in [0.2, 0.25) is 5.89 Å². The lowest BCUT2D eigenvalue weighted by Gasteiger charge is -2.10. The van der Waals surface area contributed by atoms with Crippen molar-refractivity contribution >= 4 is 28.5 Å². The summed E-state index contributed by atoms with van der Waals surface area (Å²) in [4.78, 5) is 18.0. The van der Waals surface area contributed by atoms with E-state index in [2.05, 4.69) is 4.98 Å². The highest BCUT2D eigenvalue weighted by Gasteiger charge is 2.20. The quantitative estimate of drug-likeness (QED) is 0.281. The zero-order valence-corrected chi connectivity index (χ0v) is 17.3. The van der Waals surface area contributed by atoms with Gasteiger partial charge >= 0.3 is 0 Å². The first-order valence-corrected chi connectivity index (χ1v) is 9.95. The van der Waals surface area contributed by atoms with Crippen LogP contribution in [0.25, 0.3) is 22.7 Å². The number of Topliss-reactive ketones (excluding diaryl/α,β-unsaturated/α-hetero) is 1. The van der Waals surface area contributed by atoms with E-state index in [1.807, 2.05) is 87.5 Å². The van der Waals surface area contributed by atoms with Crippen molar-refractivity contribution in [2.24, 2.45) is 0 Å². The number of ketones is 1. The first kappa shape index (κ1) is 19.6. The number of para-hydroxylation sites is 2. The summed E-state index contributed by atoms with van der Waals surface area (Å²) in [7, 11) is 0. The molecule has 0 saturated carbocycles. The molecule has 0 atom stereocenters. The molecule has 0 N–H and O–H groups in total. The van der Waals surface area contributed by atoms with Crippen LogP contribution in [0.5, 0.6) is 5.75 Å². The Labute approximate surface area is 175 Å². The SMILES string of the molecule is Cc1ccc(/C=C(\C(=O)c2ccc(OC(C)C)cc2)c2nc3ccccc3o2)cc1. The van der Waals surface area contributed by atoms with Crippen molar-refractivity contribution in [1.82, 2.24) is 4.98 Å². The van der Waals surface area contributed by atoms with Gasteiger partial charge in [-0.2, -0.15) is 0 Å². The van der Waals surface area contributed by atoms with Crippen LogP contribution in [0, 0.1) is 6.92 Å². The number of carbonyl (C=O) groups is 1. The summed E-state index contributed by atoms with van der Waals surface area (Å²) >= 11 is 0. The van der Waals surface area contributed by atoms with E-state index < -0.39 is 0 Å². The molecule has 30 heavy (non-hydrogen) atoms. The Kier molecular flexibility index (Phi) is 5.48. The van der Waals surface area contributed by atoms with Gasteiger partial charge in [-0.25, -0.2) is 4.98 Å². The third kappa shape index (κ3) is 4.33. The van der Waals surface area contributed by atoms with Gasteiger partial charge in [-0.15, -0.1) is 0 Å². The number of rotatable bonds is 6. The normalized spacial score (nSPS) is 11.8. The predicted octanol–water partition coefficient (Wildman–Crippen LogP) is 6.35. The average Bonchev–Trinajstić information content (AvgIpc) is 3.17. The van der Waals surface area contributed by atoms with Gasteiger partial charge in [-0.05, 0) is 68.8 Å². The summed E-state index contributed by atoms with van der Waals surface area (Å²) in [6.07, 6.45) is 1.90. The van der Waals surface area contributed by atoms with Crippen molar-refractivity contribution in [2.75, 3.05) is 0 Å². The zero-order valence-electron chi connectivity index (χ0n) is 17.3. The van der Waals surface area contributed by atoms with Crippen molar-refractivity contribution in [3.05, 3.63) is 95.4 Å². The number of allylic oxidation sites excluding steroid dienone is 1. The second-order valence-electron chi connectivity index (χ2n) is 7.48. The Morgan fingerprint density at radius 2 is 1.67 bits per heavy atom. The molecule has 0 aliphatic carbocycles. The highest BCUT2D eigenvalue weighted by atomic mass is 16.5. The van der Waals surface area contributed by atoms with Gasteiger partial charge in [0.1, 0.15) is 11.3 Å². The monoisotopic (exact) mass is 397 g/mol. The van der Waals surface area contributed by atoms with E-state index in [0.717, 1.165) is 22.4 Å². The minimum atomic E-state index is -0.154. The van der Waals surface area contributed by atoms with Crippen LogP contribution in [0.2, 0.25) is 0 Å². The Morgan fingerprint density at radius 1 is 0.967 bits per heavy atom. The van der Waals surface area contributed by atoms with E-state index >= 15 is 0 Å². The van der Waals surface area contributed by atoms with Crippen LogP contribution >= 0.6 is 0 Å². The van der Waals surface area contributed by atoms with Gasteiger partial charge in [0, 0.05) is 5.56 Å². The van der Waals surface area contributed by atoms with E-state index in [0.29, 0.717) is 22.6 Å². The lowest BCUT2D eigenvalue weighted by molar-refractivity contribution is 0.105. The first-order chi connectivity index (χ1) is 14.5. The Bertz CT molecular complexity index is 1170. The maximum absolute atomic E-state index is 13.4. The van der Waals surface area contributed by atoms with Crippen LogP contribution < -0.4 is 4.74 Å². The number of aromatic nitrogens is 1. The van der Waals surface area contributed by atoms with E-state index in [-0.39, 0.29) is 11.9 Å². The number of hydrogen-bond donors (Lipinski definition) is 0. The van der Waals surface area contributed by atoms with Crippen molar-refractivity contribution in [3.8, 4) is 5.75 Å². The molecule has 0 bridgehead atoms. The minimum absolute atomic E-state index is 0.0725. The fourth-order valence-electron chi connectivity index (χ4n) is 3.15. The molecular weight excluding hydrogens is 374 g/mol. The van der Waals surface area contributed by atoms with Crippen molar-refractivity contribution in [1.29, 1.82) is 0 Å². The van der Waals surface area contributed by atoms with Gasteiger partial charge in [-0.3, -0.25) is 4.79 Å². The Morgan fingerprint density at radius 3 is 2.33 bits per heavy atom. The number of carbonyl (C=O) groups excluding carboxylic acids is 1. The van der Waals surface area contributed by atoms with Crippen LogP contribution in [0.3, 0.4) is 0 Å². The molecule has 0 spiro atoms. The molecule has 0 amide bonds. The summed E-state index contributed by atoms with van der Waals surface area (Å²) in [5.74, 6) is 0.884. The van der Waals surface area contributed by atoms with Gasteiger partial charge in [0.05, 0.1) is 11.7 Å². The smallest absolute Gasteiger partial charge is 0.231 e. The number of ether oxygens (including phenoxy) is 1. The molecule has 4 aromatic rings. The van der Waals surface area contributed by atoms with Crippen molar-refractivity contribution < 1.29 is 13.9 Å². The number of nitrogens with zero attached hydrogens (tertiary/aromatic N) is 1. The average molecular weight is 397 g/mol. The molecule has 3 aromatic carbocycles. The second-order valence-corrected chi connectivity index (χ2v) is 7.48. The van der Waals surface area contributed by atoms with Crippen LogP contribution in [0.1, 0.15) is 41.2 Å².